The number of rotatable bonds is 7. The van der Waals surface area contributed by atoms with Crippen LogP contribution in [-0.4, -0.2) is 38.0 Å². The summed E-state index contributed by atoms with van der Waals surface area (Å²) in [6, 6.07) is 10.1. The molecule has 0 saturated carbocycles. The minimum Gasteiger partial charge on any atom is -0.481 e. The molecule has 3 heterocycles. The number of aromatic nitrogens is 2. The molecule has 0 saturated heterocycles. The lowest BCUT2D eigenvalue weighted by Crippen LogP contribution is -2.36. The number of carboxylic acid groups (broad SMARTS) is 1. The van der Waals surface area contributed by atoms with Crippen LogP contribution in [0.25, 0.3) is 11.0 Å². The van der Waals surface area contributed by atoms with E-state index in [2.05, 4.69) is 21.7 Å². The summed E-state index contributed by atoms with van der Waals surface area (Å²) in [5.74, 6) is -0.749. The normalized spacial score (nSPS) is 13.9. The van der Waals surface area contributed by atoms with E-state index in [1.54, 1.807) is 13.8 Å². The zero-order valence-corrected chi connectivity index (χ0v) is 20.2. The molecule has 0 fully saturated rings. The lowest BCUT2D eigenvalue weighted by Gasteiger charge is -2.29. The molecule has 0 atom stereocenters. The van der Waals surface area contributed by atoms with Crippen LogP contribution in [0.15, 0.2) is 36.5 Å². The van der Waals surface area contributed by atoms with Crippen molar-refractivity contribution in [1.82, 2.24) is 14.5 Å². The van der Waals surface area contributed by atoms with E-state index in [4.69, 9.17) is 11.6 Å². The number of carbonyl (C=O) groups excluding carboxylic acids is 1. The van der Waals surface area contributed by atoms with Crippen LogP contribution in [0, 0.1) is 12.3 Å². The lowest BCUT2D eigenvalue weighted by molar-refractivity contribution is -0.147. The molecule has 1 N–H and O–H groups in total. The van der Waals surface area contributed by atoms with Gasteiger partial charge in [-0.05, 0) is 74.9 Å². The predicted octanol–water partition coefficient (Wildman–Crippen LogP) is 5.21. The van der Waals surface area contributed by atoms with Crippen LogP contribution in [0.1, 0.15) is 55.5 Å². The SMILES string of the molecule is Cc1cc(Cn2c3c(c4cccnc42)CCN(C(=O)CCCC(C)(C)C(=O)O)C3)ccc1Cl. The van der Waals surface area contributed by atoms with Gasteiger partial charge in [-0.3, -0.25) is 9.59 Å². The van der Waals surface area contributed by atoms with E-state index in [1.807, 2.05) is 36.2 Å². The maximum absolute atomic E-state index is 13.0. The third-order valence-corrected chi connectivity index (χ3v) is 7.13. The number of amides is 1. The molecule has 0 radical (unpaired) electrons. The van der Waals surface area contributed by atoms with Crippen LogP contribution >= 0.6 is 11.6 Å². The van der Waals surface area contributed by atoms with E-state index in [0.29, 0.717) is 38.9 Å². The van der Waals surface area contributed by atoms with Gasteiger partial charge in [0.05, 0.1) is 12.0 Å². The van der Waals surface area contributed by atoms with Crippen molar-refractivity contribution in [1.29, 1.82) is 0 Å². The molecule has 7 heteroatoms. The Morgan fingerprint density at radius 1 is 1.24 bits per heavy atom. The standard InChI is InChI=1S/C26H30ClN3O3/c1-17-14-18(8-9-21(17)27)15-30-22-16-29(23(31)7-4-11-26(2,3)25(32)33)13-10-19(22)20-6-5-12-28-24(20)30/h5-6,8-9,12,14H,4,7,10-11,13,15-16H2,1-3H3,(H,32,33). The summed E-state index contributed by atoms with van der Waals surface area (Å²) in [6.07, 6.45) is 4.01. The number of hydrogen-bond acceptors (Lipinski definition) is 3. The van der Waals surface area contributed by atoms with E-state index in [1.165, 1.54) is 5.56 Å². The van der Waals surface area contributed by atoms with Gasteiger partial charge in [-0.15, -0.1) is 0 Å². The molecule has 0 unspecified atom stereocenters. The molecule has 4 rings (SSSR count). The van der Waals surface area contributed by atoms with Crippen LogP contribution in [0.2, 0.25) is 5.02 Å². The van der Waals surface area contributed by atoms with Crippen LogP contribution in [-0.2, 0) is 29.1 Å². The van der Waals surface area contributed by atoms with Crippen molar-refractivity contribution >= 4 is 34.5 Å². The number of fused-ring (bicyclic) bond motifs is 3. The molecule has 0 bridgehead atoms. The third kappa shape index (κ3) is 4.76. The molecule has 1 aliphatic rings. The van der Waals surface area contributed by atoms with E-state index in [0.717, 1.165) is 39.3 Å². The van der Waals surface area contributed by atoms with Gasteiger partial charge < -0.3 is 14.6 Å². The fourth-order valence-electron chi connectivity index (χ4n) is 4.58. The summed E-state index contributed by atoms with van der Waals surface area (Å²) in [6.45, 7) is 7.28. The molecule has 3 aromatic rings. The summed E-state index contributed by atoms with van der Waals surface area (Å²) >= 11 is 6.22. The van der Waals surface area contributed by atoms with Gasteiger partial charge in [0.15, 0.2) is 0 Å². The number of carbonyl (C=O) groups is 2. The monoisotopic (exact) mass is 467 g/mol. The summed E-state index contributed by atoms with van der Waals surface area (Å²) in [7, 11) is 0. The maximum Gasteiger partial charge on any atom is 0.309 e. The van der Waals surface area contributed by atoms with Crippen molar-refractivity contribution in [2.24, 2.45) is 5.41 Å². The first-order valence-electron chi connectivity index (χ1n) is 11.4. The van der Waals surface area contributed by atoms with Crippen LogP contribution in [0.4, 0.5) is 0 Å². The zero-order chi connectivity index (χ0) is 23.8. The van der Waals surface area contributed by atoms with Gasteiger partial charge in [-0.1, -0.05) is 23.7 Å². The fourth-order valence-corrected chi connectivity index (χ4v) is 4.70. The van der Waals surface area contributed by atoms with Gasteiger partial charge in [-0.25, -0.2) is 4.98 Å². The van der Waals surface area contributed by atoms with E-state index in [9.17, 15) is 14.7 Å². The van der Waals surface area contributed by atoms with Gasteiger partial charge in [0.1, 0.15) is 5.65 Å². The van der Waals surface area contributed by atoms with Crippen LogP contribution in [0.3, 0.4) is 0 Å². The van der Waals surface area contributed by atoms with E-state index >= 15 is 0 Å². The molecule has 1 amide bonds. The van der Waals surface area contributed by atoms with Crippen molar-refractivity contribution in [2.75, 3.05) is 6.54 Å². The second-order valence-corrected chi connectivity index (χ2v) is 9.98. The summed E-state index contributed by atoms with van der Waals surface area (Å²) < 4.78 is 2.22. The predicted molar refractivity (Wildman–Crippen MR) is 129 cm³/mol. The summed E-state index contributed by atoms with van der Waals surface area (Å²) in [4.78, 5) is 30.9. The topological polar surface area (TPSA) is 75.4 Å². The smallest absolute Gasteiger partial charge is 0.309 e. The molecule has 0 aliphatic carbocycles. The molecule has 2 aromatic heterocycles. The van der Waals surface area contributed by atoms with Crippen LogP contribution in [0.5, 0.6) is 0 Å². The minimum atomic E-state index is -0.827. The molecule has 174 valence electrons. The highest BCUT2D eigenvalue weighted by molar-refractivity contribution is 6.31. The Hall–Kier alpha value is -2.86. The maximum atomic E-state index is 13.0. The molecular weight excluding hydrogens is 438 g/mol. The highest BCUT2D eigenvalue weighted by Gasteiger charge is 2.29. The Kier molecular flexibility index (Phi) is 6.48. The first-order chi connectivity index (χ1) is 15.7. The van der Waals surface area contributed by atoms with Crippen LogP contribution < -0.4 is 0 Å². The van der Waals surface area contributed by atoms with Gasteiger partial charge in [0.2, 0.25) is 5.91 Å². The summed E-state index contributed by atoms with van der Waals surface area (Å²) in [5, 5.41) is 11.2. The number of aliphatic carboxylic acids is 1. The van der Waals surface area contributed by atoms with Gasteiger partial charge in [-0.2, -0.15) is 0 Å². The number of benzene rings is 1. The highest BCUT2D eigenvalue weighted by atomic mass is 35.5. The number of aryl methyl sites for hydroxylation is 1. The Morgan fingerprint density at radius 3 is 2.76 bits per heavy atom. The third-order valence-electron chi connectivity index (χ3n) is 6.70. The first-order valence-corrected chi connectivity index (χ1v) is 11.8. The fraction of sp³-hybridized carbons (Fsp3) is 0.423. The molecule has 33 heavy (non-hydrogen) atoms. The lowest BCUT2D eigenvalue weighted by atomic mass is 9.87. The molecular formula is C26H30ClN3O3. The molecule has 1 aliphatic heterocycles. The summed E-state index contributed by atoms with van der Waals surface area (Å²) in [5.41, 5.74) is 4.69. The molecule has 6 nitrogen and oxygen atoms in total. The average Bonchev–Trinajstić information content (AvgIpc) is 3.09. The van der Waals surface area contributed by atoms with Crippen molar-refractivity contribution in [2.45, 2.75) is 59.5 Å². The molecule has 1 aromatic carbocycles. The van der Waals surface area contributed by atoms with Crippen molar-refractivity contribution < 1.29 is 14.7 Å². The second kappa shape index (κ2) is 9.18. The van der Waals surface area contributed by atoms with E-state index in [-0.39, 0.29) is 5.91 Å². The average molecular weight is 468 g/mol. The van der Waals surface area contributed by atoms with Crippen molar-refractivity contribution in [3.05, 3.63) is 63.9 Å². The van der Waals surface area contributed by atoms with E-state index < -0.39 is 11.4 Å². The number of carboxylic acids is 1. The number of halogens is 1. The Labute approximate surface area is 199 Å². The van der Waals surface area contributed by atoms with Crippen molar-refractivity contribution in [3.63, 3.8) is 0 Å². The molecule has 0 spiro atoms. The van der Waals surface area contributed by atoms with Gasteiger partial charge in [0, 0.05) is 41.8 Å². The van der Waals surface area contributed by atoms with Gasteiger partial charge in [0.25, 0.3) is 0 Å². The van der Waals surface area contributed by atoms with Crippen molar-refractivity contribution in [3.8, 4) is 0 Å². The quantitative estimate of drug-likeness (QED) is 0.517. The number of hydrogen-bond donors (Lipinski definition) is 1. The number of pyridine rings is 1. The second-order valence-electron chi connectivity index (χ2n) is 9.58. The zero-order valence-electron chi connectivity index (χ0n) is 19.4. The van der Waals surface area contributed by atoms with Gasteiger partial charge >= 0.3 is 5.97 Å². The Balaban J connectivity index is 1.56. The highest BCUT2D eigenvalue weighted by Crippen LogP contribution is 2.31. The largest absolute Gasteiger partial charge is 0.481 e. The number of nitrogens with zero attached hydrogens (tertiary/aromatic N) is 3. The Bertz CT molecular complexity index is 1210. The minimum absolute atomic E-state index is 0.0777. The Morgan fingerprint density at radius 2 is 2.03 bits per heavy atom. The first kappa shape index (κ1) is 23.3.